The fourth-order valence-corrected chi connectivity index (χ4v) is 3.16. The summed E-state index contributed by atoms with van der Waals surface area (Å²) in [5, 5.41) is 0.844. The summed E-state index contributed by atoms with van der Waals surface area (Å²) in [6, 6.07) is -0.258. The van der Waals surface area contributed by atoms with Gasteiger partial charge in [0.05, 0.1) is 12.2 Å². The van der Waals surface area contributed by atoms with Gasteiger partial charge in [0.25, 0.3) is 0 Å². The molecule has 1 aromatic rings. The third-order valence-corrected chi connectivity index (χ3v) is 3.87. The van der Waals surface area contributed by atoms with Gasteiger partial charge >= 0.3 is 0 Å². The molecular formula is C10H14ClN3OS. The van der Waals surface area contributed by atoms with Crippen molar-refractivity contribution in [2.75, 3.05) is 6.54 Å². The van der Waals surface area contributed by atoms with Crippen molar-refractivity contribution in [2.24, 2.45) is 5.73 Å². The molecule has 2 atom stereocenters. The number of likely N-dealkylation sites (tertiary alicyclic amines) is 1. The first-order valence-corrected chi connectivity index (χ1v) is 6.49. The Morgan fingerprint density at radius 3 is 3.06 bits per heavy atom. The summed E-state index contributed by atoms with van der Waals surface area (Å²) in [6.07, 6.45) is 2.94. The lowest BCUT2D eigenvalue weighted by Gasteiger charge is -2.24. The maximum atomic E-state index is 11.8. The minimum Gasteiger partial charge on any atom is -0.332 e. The van der Waals surface area contributed by atoms with Crippen LogP contribution in [0, 0.1) is 0 Å². The molecule has 6 heteroatoms. The van der Waals surface area contributed by atoms with E-state index in [1.165, 1.54) is 11.3 Å². The second-order valence-electron chi connectivity index (χ2n) is 3.90. The van der Waals surface area contributed by atoms with Gasteiger partial charge in [0.2, 0.25) is 5.91 Å². The number of thiazole rings is 1. The minimum absolute atomic E-state index is 0.0926. The molecule has 1 aliphatic heterocycles. The molecule has 88 valence electrons. The van der Waals surface area contributed by atoms with Crippen molar-refractivity contribution < 1.29 is 4.79 Å². The molecule has 0 aliphatic carbocycles. The summed E-state index contributed by atoms with van der Waals surface area (Å²) in [7, 11) is 0. The van der Waals surface area contributed by atoms with Crippen molar-refractivity contribution >= 4 is 28.8 Å². The van der Waals surface area contributed by atoms with Crippen LogP contribution in [0.25, 0.3) is 0 Å². The second-order valence-corrected chi connectivity index (χ2v) is 5.60. The highest BCUT2D eigenvalue weighted by Gasteiger charge is 2.39. The first-order chi connectivity index (χ1) is 7.63. The van der Waals surface area contributed by atoms with Gasteiger partial charge in [-0.3, -0.25) is 4.79 Å². The number of aromatic nitrogens is 1. The van der Waals surface area contributed by atoms with Crippen molar-refractivity contribution in [3.63, 3.8) is 0 Å². The molecule has 16 heavy (non-hydrogen) atoms. The van der Waals surface area contributed by atoms with Gasteiger partial charge in [0.15, 0.2) is 0 Å². The summed E-state index contributed by atoms with van der Waals surface area (Å²) in [5.41, 5.74) is 5.99. The maximum absolute atomic E-state index is 11.8. The molecule has 1 aromatic heterocycles. The largest absolute Gasteiger partial charge is 0.332 e. The Morgan fingerprint density at radius 2 is 2.50 bits per heavy atom. The molecule has 0 saturated carbocycles. The van der Waals surface area contributed by atoms with E-state index in [1.807, 2.05) is 11.8 Å². The van der Waals surface area contributed by atoms with Crippen LogP contribution in [0.15, 0.2) is 6.20 Å². The fourth-order valence-electron chi connectivity index (χ4n) is 2.04. The van der Waals surface area contributed by atoms with Crippen molar-refractivity contribution in [1.82, 2.24) is 9.88 Å². The van der Waals surface area contributed by atoms with E-state index in [0.717, 1.165) is 18.0 Å². The van der Waals surface area contributed by atoms with Crippen LogP contribution >= 0.6 is 22.9 Å². The fraction of sp³-hybridized carbons (Fsp3) is 0.600. The zero-order chi connectivity index (χ0) is 11.7. The molecule has 2 heterocycles. The quantitative estimate of drug-likeness (QED) is 0.901. The molecule has 1 fully saturated rings. The number of rotatable bonds is 3. The normalized spacial score (nSPS) is 25.4. The monoisotopic (exact) mass is 259 g/mol. The van der Waals surface area contributed by atoms with E-state index in [4.69, 9.17) is 17.3 Å². The van der Waals surface area contributed by atoms with E-state index in [1.54, 1.807) is 6.20 Å². The molecule has 2 N–H and O–H groups in total. The summed E-state index contributed by atoms with van der Waals surface area (Å²) in [6.45, 7) is 2.78. The Balaban J connectivity index is 2.26. The van der Waals surface area contributed by atoms with Crippen molar-refractivity contribution in [3.05, 3.63) is 15.5 Å². The number of nitrogens with two attached hydrogens (primary N) is 1. The van der Waals surface area contributed by atoms with E-state index in [0.29, 0.717) is 10.8 Å². The summed E-state index contributed by atoms with van der Waals surface area (Å²) in [4.78, 5) is 17.8. The van der Waals surface area contributed by atoms with Gasteiger partial charge in [0, 0.05) is 19.0 Å². The van der Waals surface area contributed by atoms with Gasteiger partial charge in [-0.05, 0) is 6.42 Å². The Bertz CT molecular complexity index is 395. The first kappa shape index (κ1) is 11.8. The van der Waals surface area contributed by atoms with Crippen LogP contribution in [0.3, 0.4) is 0 Å². The van der Waals surface area contributed by atoms with Gasteiger partial charge in [-0.2, -0.15) is 0 Å². The predicted molar refractivity (Wildman–Crippen MR) is 64.5 cm³/mol. The Kier molecular flexibility index (Phi) is 3.47. The average molecular weight is 260 g/mol. The summed E-state index contributed by atoms with van der Waals surface area (Å²) >= 11 is 7.26. The lowest BCUT2D eigenvalue weighted by atomic mass is 10.1. The molecule has 0 aromatic carbocycles. The average Bonchev–Trinajstić information content (AvgIpc) is 2.73. The van der Waals surface area contributed by atoms with Crippen LogP contribution in [0.1, 0.15) is 30.8 Å². The summed E-state index contributed by atoms with van der Waals surface area (Å²) in [5.74, 6) is 0.116. The van der Waals surface area contributed by atoms with E-state index in [9.17, 15) is 4.79 Å². The van der Waals surface area contributed by atoms with Crippen LogP contribution in [-0.2, 0) is 4.79 Å². The van der Waals surface area contributed by atoms with E-state index >= 15 is 0 Å². The highest BCUT2D eigenvalue weighted by Crippen LogP contribution is 2.35. The highest BCUT2D eigenvalue weighted by atomic mass is 35.5. The number of hydrogen-bond acceptors (Lipinski definition) is 4. The third-order valence-electron chi connectivity index (χ3n) is 2.68. The number of nitrogens with zero attached hydrogens (tertiary/aromatic N) is 2. The molecule has 2 rings (SSSR count). The first-order valence-electron chi connectivity index (χ1n) is 5.29. The van der Waals surface area contributed by atoms with E-state index < -0.39 is 0 Å². The molecule has 0 spiro atoms. The van der Waals surface area contributed by atoms with Crippen molar-refractivity contribution in [1.29, 1.82) is 0 Å². The lowest BCUT2D eigenvalue weighted by Crippen LogP contribution is -2.33. The number of halogens is 1. The molecule has 0 bridgehead atoms. The van der Waals surface area contributed by atoms with Gasteiger partial charge in [-0.25, -0.2) is 4.98 Å². The Hall–Kier alpha value is -0.650. The van der Waals surface area contributed by atoms with Crippen LogP contribution in [-0.4, -0.2) is 28.4 Å². The molecule has 1 amide bonds. The summed E-state index contributed by atoms with van der Waals surface area (Å²) < 4.78 is 0.637. The topological polar surface area (TPSA) is 59.2 Å². The number of carbonyl (C=O) groups is 1. The molecule has 1 aliphatic rings. The zero-order valence-corrected chi connectivity index (χ0v) is 10.6. The van der Waals surface area contributed by atoms with Crippen LogP contribution in [0.4, 0.5) is 0 Å². The van der Waals surface area contributed by atoms with Crippen molar-refractivity contribution in [2.45, 2.75) is 31.8 Å². The van der Waals surface area contributed by atoms with E-state index in [2.05, 4.69) is 4.98 Å². The van der Waals surface area contributed by atoms with Crippen LogP contribution in [0.5, 0.6) is 0 Å². The molecule has 1 saturated heterocycles. The van der Waals surface area contributed by atoms with Gasteiger partial charge < -0.3 is 10.6 Å². The zero-order valence-electron chi connectivity index (χ0n) is 9.02. The molecule has 4 nitrogen and oxygen atoms in total. The smallest absolute Gasteiger partial charge is 0.224 e. The molecular weight excluding hydrogens is 246 g/mol. The maximum Gasteiger partial charge on any atom is 0.224 e. The van der Waals surface area contributed by atoms with Gasteiger partial charge in [-0.15, -0.1) is 11.3 Å². The predicted octanol–water partition coefficient (Wildman–Crippen LogP) is 1.81. The standard InChI is InChI=1S/C10H14ClN3OS/c1-2-3-14-8(15)4-6(12)9(14)10-13-5-7(11)16-10/h5-6,9H,2-4,12H2,1H3. The highest BCUT2D eigenvalue weighted by molar-refractivity contribution is 7.15. The number of amides is 1. The van der Waals surface area contributed by atoms with Crippen LogP contribution < -0.4 is 5.73 Å². The number of hydrogen-bond donors (Lipinski definition) is 1. The Morgan fingerprint density at radius 1 is 1.75 bits per heavy atom. The third kappa shape index (κ3) is 2.07. The van der Waals surface area contributed by atoms with Gasteiger partial charge in [0.1, 0.15) is 9.34 Å². The SMILES string of the molecule is CCCN1C(=O)CC(N)C1c1ncc(Cl)s1. The number of carbonyl (C=O) groups excluding carboxylic acids is 1. The lowest BCUT2D eigenvalue weighted by molar-refractivity contribution is -0.129. The second kappa shape index (κ2) is 4.69. The van der Waals surface area contributed by atoms with E-state index in [-0.39, 0.29) is 18.0 Å². The Labute approximate surface area is 103 Å². The molecule has 2 unspecified atom stereocenters. The van der Waals surface area contributed by atoms with Crippen molar-refractivity contribution in [3.8, 4) is 0 Å². The van der Waals surface area contributed by atoms with Crippen LogP contribution in [0.2, 0.25) is 4.34 Å². The molecule has 0 radical (unpaired) electrons. The minimum atomic E-state index is -0.165. The van der Waals surface area contributed by atoms with Gasteiger partial charge in [-0.1, -0.05) is 18.5 Å².